The van der Waals surface area contributed by atoms with Gasteiger partial charge in [-0.2, -0.15) is 5.26 Å². The summed E-state index contributed by atoms with van der Waals surface area (Å²) in [5, 5.41) is 8.66. The molecule has 1 aromatic rings. The number of rotatable bonds is 0. The second-order valence-electron chi connectivity index (χ2n) is 1.90. The van der Waals surface area contributed by atoms with E-state index in [1.165, 1.54) is 0 Å². The maximum absolute atomic E-state index is 8.50. The standard InChI is InChI=1S/C6H2Cl3N3/c7-3-2(1-10)12-6(11)5(9)4(3)8/h(H2,11,12). The van der Waals surface area contributed by atoms with E-state index in [4.69, 9.17) is 45.8 Å². The molecule has 3 nitrogen and oxygen atoms in total. The predicted molar refractivity (Wildman–Crippen MR) is 48.4 cm³/mol. The lowest BCUT2D eigenvalue weighted by atomic mass is 10.3. The van der Waals surface area contributed by atoms with Gasteiger partial charge in [0, 0.05) is 0 Å². The van der Waals surface area contributed by atoms with Gasteiger partial charge in [-0.05, 0) is 0 Å². The Bertz CT molecular complexity index is 369. The van der Waals surface area contributed by atoms with Crippen LogP contribution in [-0.4, -0.2) is 4.98 Å². The number of halogens is 3. The Labute approximate surface area is 83.7 Å². The zero-order valence-corrected chi connectivity index (χ0v) is 7.87. The molecule has 0 saturated heterocycles. The van der Waals surface area contributed by atoms with Crippen molar-refractivity contribution in [3.05, 3.63) is 20.8 Å². The van der Waals surface area contributed by atoms with Crippen LogP contribution in [0.15, 0.2) is 0 Å². The van der Waals surface area contributed by atoms with E-state index in [0.29, 0.717) is 0 Å². The number of pyridine rings is 1. The highest BCUT2D eigenvalue weighted by molar-refractivity contribution is 6.49. The Morgan fingerprint density at radius 3 is 2.25 bits per heavy atom. The smallest absolute Gasteiger partial charge is 0.163 e. The molecule has 0 unspecified atom stereocenters. The number of nitrogen functional groups attached to an aromatic ring is 1. The van der Waals surface area contributed by atoms with Crippen molar-refractivity contribution < 1.29 is 0 Å². The summed E-state index contributed by atoms with van der Waals surface area (Å²) < 4.78 is 0. The van der Waals surface area contributed by atoms with Gasteiger partial charge in [0.2, 0.25) is 0 Å². The van der Waals surface area contributed by atoms with Crippen LogP contribution in [-0.2, 0) is 0 Å². The SMILES string of the molecule is N#Cc1nc(N)c(Cl)c(Cl)c1Cl. The number of nitriles is 1. The lowest BCUT2D eigenvalue weighted by Gasteiger charge is -2.02. The minimum atomic E-state index is -0.0245. The lowest BCUT2D eigenvalue weighted by Crippen LogP contribution is -1.95. The molecule has 62 valence electrons. The van der Waals surface area contributed by atoms with E-state index in [1.54, 1.807) is 6.07 Å². The molecular formula is C6H2Cl3N3. The van der Waals surface area contributed by atoms with Gasteiger partial charge in [0.25, 0.3) is 0 Å². The number of aromatic nitrogens is 1. The van der Waals surface area contributed by atoms with E-state index < -0.39 is 0 Å². The van der Waals surface area contributed by atoms with Crippen LogP contribution in [0.1, 0.15) is 5.69 Å². The molecule has 0 spiro atoms. The third-order valence-corrected chi connectivity index (χ3v) is 2.48. The van der Waals surface area contributed by atoms with Crippen molar-refractivity contribution in [1.29, 1.82) is 5.26 Å². The normalized spacial score (nSPS) is 9.50. The van der Waals surface area contributed by atoms with Gasteiger partial charge >= 0.3 is 0 Å². The molecule has 0 fully saturated rings. The molecule has 0 aromatic carbocycles. The summed E-state index contributed by atoms with van der Waals surface area (Å²) >= 11 is 16.8. The van der Waals surface area contributed by atoms with Crippen LogP contribution in [0, 0.1) is 11.3 Å². The number of nitrogens with zero attached hydrogens (tertiary/aromatic N) is 2. The highest BCUT2D eigenvalue weighted by Crippen LogP contribution is 2.34. The molecule has 1 aromatic heterocycles. The van der Waals surface area contributed by atoms with Crippen LogP contribution in [0.4, 0.5) is 5.82 Å². The Balaban J connectivity index is 3.52. The molecule has 0 bridgehead atoms. The zero-order chi connectivity index (χ0) is 9.30. The van der Waals surface area contributed by atoms with Gasteiger partial charge in [-0.15, -0.1) is 0 Å². The van der Waals surface area contributed by atoms with Gasteiger partial charge in [-0.3, -0.25) is 0 Å². The second kappa shape index (κ2) is 3.36. The fourth-order valence-electron chi connectivity index (χ4n) is 0.605. The van der Waals surface area contributed by atoms with Gasteiger partial charge in [0.1, 0.15) is 16.9 Å². The van der Waals surface area contributed by atoms with Crippen molar-refractivity contribution in [3.8, 4) is 6.07 Å². The Morgan fingerprint density at radius 2 is 1.75 bits per heavy atom. The van der Waals surface area contributed by atoms with E-state index in [9.17, 15) is 0 Å². The van der Waals surface area contributed by atoms with Crippen LogP contribution in [0.3, 0.4) is 0 Å². The summed E-state index contributed by atoms with van der Waals surface area (Å²) in [4.78, 5) is 3.62. The largest absolute Gasteiger partial charge is 0.382 e. The highest BCUT2D eigenvalue weighted by Gasteiger charge is 2.13. The lowest BCUT2D eigenvalue weighted by molar-refractivity contribution is 1.27. The number of anilines is 1. The Kier molecular flexibility index (Phi) is 2.63. The van der Waals surface area contributed by atoms with Crippen molar-refractivity contribution in [2.24, 2.45) is 0 Å². The van der Waals surface area contributed by atoms with Crippen LogP contribution >= 0.6 is 34.8 Å². The number of nitrogens with two attached hydrogens (primary N) is 1. The van der Waals surface area contributed by atoms with Gasteiger partial charge in [-0.1, -0.05) is 34.8 Å². The third-order valence-electron chi connectivity index (χ3n) is 1.16. The molecule has 0 radical (unpaired) electrons. The minimum absolute atomic E-state index is 0.00242. The van der Waals surface area contributed by atoms with Gasteiger partial charge in [0.05, 0.1) is 10.0 Å². The monoisotopic (exact) mass is 221 g/mol. The molecule has 0 atom stereocenters. The molecule has 0 saturated carbocycles. The molecule has 1 heterocycles. The molecule has 1 rings (SSSR count). The van der Waals surface area contributed by atoms with Crippen molar-refractivity contribution in [2.75, 3.05) is 5.73 Å². The third kappa shape index (κ3) is 1.42. The summed E-state index contributed by atoms with van der Waals surface area (Å²) in [6, 6.07) is 1.74. The van der Waals surface area contributed by atoms with Crippen LogP contribution in [0.25, 0.3) is 0 Å². The van der Waals surface area contributed by atoms with Crippen molar-refractivity contribution in [2.45, 2.75) is 0 Å². The molecule has 0 aliphatic heterocycles. The molecule has 6 heteroatoms. The fraction of sp³-hybridized carbons (Fsp3) is 0. The quantitative estimate of drug-likeness (QED) is 0.733. The molecular weight excluding hydrogens is 220 g/mol. The fourth-order valence-corrected chi connectivity index (χ4v) is 1.16. The average Bonchev–Trinajstić information content (AvgIpc) is 2.08. The van der Waals surface area contributed by atoms with Crippen LogP contribution in [0.2, 0.25) is 15.1 Å². The minimum Gasteiger partial charge on any atom is -0.382 e. The first-order chi connectivity index (χ1) is 5.57. The predicted octanol–water partition coefficient (Wildman–Crippen LogP) is 2.50. The zero-order valence-electron chi connectivity index (χ0n) is 5.61. The highest BCUT2D eigenvalue weighted by atomic mass is 35.5. The average molecular weight is 222 g/mol. The second-order valence-corrected chi connectivity index (χ2v) is 3.03. The maximum Gasteiger partial charge on any atom is 0.163 e. The summed E-state index contributed by atoms with van der Waals surface area (Å²) in [6.45, 7) is 0. The molecule has 2 N–H and O–H groups in total. The van der Waals surface area contributed by atoms with E-state index >= 15 is 0 Å². The molecule has 0 amide bonds. The summed E-state index contributed by atoms with van der Waals surface area (Å²) in [5.41, 5.74) is 5.30. The first kappa shape index (κ1) is 9.40. The van der Waals surface area contributed by atoms with Crippen LogP contribution in [0.5, 0.6) is 0 Å². The summed E-state index contributed by atoms with van der Waals surface area (Å²) in [7, 11) is 0. The summed E-state index contributed by atoms with van der Waals surface area (Å²) in [5.74, 6) is 0.00242. The Morgan fingerprint density at radius 1 is 1.17 bits per heavy atom. The number of hydrogen-bond acceptors (Lipinski definition) is 3. The first-order valence-corrected chi connectivity index (χ1v) is 3.91. The molecule has 12 heavy (non-hydrogen) atoms. The Hall–Kier alpha value is -0.690. The molecule has 0 aliphatic carbocycles. The topological polar surface area (TPSA) is 62.7 Å². The summed E-state index contributed by atoms with van der Waals surface area (Å²) in [6.07, 6.45) is 0. The van der Waals surface area contributed by atoms with Gasteiger partial charge in [0.15, 0.2) is 5.69 Å². The van der Waals surface area contributed by atoms with E-state index in [-0.39, 0.29) is 26.6 Å². The van der Waals surface area contributed by atoms with Crippen molar-refractivity contribution >= 4 is 40.6 Å². The molecule has 0 aliphatic rings. The van der Waals surface area contributed by atoms with Crippen molar-refractivity contribution in [1.82, 2.24) is 4.98 Å². The van der Waals surface area contributed by atoms with Gasteiger partial charge in [-0.25, -0.2) is 4.98 Å². The van der Waals surface area contributed by atoms with Crippen LogP contribution < -0.4 is 5.73 Å². The maximum atomic E-state index is 8.50. The van der Waals surface area contributed by atoms with Gasteiger partial charge < -0.3 is 5.73 Å². The number of hydrogen-bond donors (Lipinski definition) is 1. The van der Waals surface area contributed by atoms with E-state index in [0.717, 1.165) is 0 Å². The van der Waals surface area contributed by atoms with Crippen molar-refractivity contribution in [3.63, 3.8) is 0 Å². The van der Waals surface area contributed by atoms with E-state index in [2.05, 4.69) is 4.98 Å². The first-order valence-electron chi connectivity index (χ1n) is 2.78. The van der Waals surface area contributed by atoms with E-state index in [1.807, 2.05) is 0 Å².